The molecule has 1 aromatic carbocycles. The number of amides is 1. The lowest BCUT2D eigenvalue weighted by atomic mass is 9.97. The Morgan fingerprint density at radius 1 is 1.23 bits per heavy atom. The van der Waals surface area contributed by atoms with Crippen molar-refractivity contribution < 1.29 is 9.53 Å². The van der Waals surface area contributed by atoms with Crippen molar-refractivity contribution in [3.8, 4) is 0 Å². The minimum Gasteiger partial charge on any atom is -0.381 e. The van der Waals surface area contributed by atoms with Gasteiger partial charge in [0.15, 0.2) is 0 Å². The molecule has 1 aliphatic heterocycles. The summed E-state index contributed by atoms with van der Waals surface area (Å²) < 4.78 is 5.59. The molecule has 0 aliphatic carbocycles. The highest BCUT2D eigenvalue weighted by Crippen LogP contribution is 2.40. The minimum absolute atomic E-state index is 0.0568. The molecule has 2 rings (SSSR count). The molecule has 1 N–H and O–H groups in total. The van der Waals surface area contributed by atoms with Gasteiger partial charge < -0.3 is 10.1 Å². The fraction of sp³-hybridized carbons (Fsp3) is 0.611. The summed E-state index contributed by atoms with van der Waals surface area (Å²) in [6.45, 7) is 6.44. The number of benzene rings is 1. The lowest BCUT2D eigenvalue weighted by Gasteiger charge is -2.37. The van der Waals surface area contributed by atoms with Crippen LogP contribution in [0.25, 0.3) is 0 Å². The maximum absolute atomic E-state index is 12.3. The molecule has 0 unspecified atom stereocenters. The molecule has 0 bridgehead atoms. The second-order valence-corrected chi connectivity index (χ2v) is 7.48. The van der Waals surface area contributed by atoms with Crippen LogP contribution >= 0.6 is 11.8 Å². The van der Waals surface area contributed by atoms with Crippen LogP contribution < -0.4 is 5.32 Å². The van der Waals surface area contributed by atoms with Gasteiger partial charge in [-0.3, -0.25) is 4.79 Å². The van der Waals surface area contributed by atoms with Crippen LogP contribution in [0.4, 0.5) is 0 Å². The Balaban J connectivity index is 2.01. The van der Waals surface area contributed by atoms with Crippen molar-refractivity contribution >= 4 is 17.7 Å². The van der Waals surface area contributed by atoms with Crippen LogP contribution in [0.2, 0.25) is 0 Å². The van der Waals surface area contributed by atoms with E-state index in [1.54, 1.807) is 0 Å². The molecule has 3 nitrogen and oxygen atoms in total. The average Bonchev–Trinajstić information content (AvgIpc) is 2.56. The lowest BCUT2D eigenvalue weighted by Crippen LogP contribution is -2.45. The van der Waals surface area contributed by atoms with Crippen molar-refractivity contribution in [3.05, 3.63) is 30.3 Å². The van der Waals surface area contributed by atoms with Crippen molar-refractivity contribution in [2.45, 2.75) is 49.2 Å². The monoisotopic (exact) mass is 321 g/mol. The van der Waals surface area contributed by atoms with Gasteiger partial charge in [-0.05, 0) is 37.8 Å². The predicted octanol–water partition coefficient (Wildman–Crippen LogP) is 3.88. The first-order valence-corrected chi connectivity index (χ1v) is 9.10. The zero-order chi connectivity index (χ0) is 15.8. The van der Waals surface area contributed by atoms with Crippen LogP contribution in [0.1, 0.15) is 39.5 Å². The molecule has 1 saturated heterocycles. The largest absolute Gasteiger partial charge is 0.381 e. The topological polar surface area (TPSA) is 38.3 Å². The molecule has 122 valence electrons. The van der Waals surface area contributed by atoms with Crippen LogP contribution in [0.5, 0.6) is 0 Å². The van der Waals surface area contributed by atoms with Gasteiger partial charge in [0.25, 0.3) is 0 Å². The lowest BCUT2D eigenvalue weighted by molar-refractivity contribution is -0.125. The van der Waals surface area contributed by atoms with Gasteiger partial charge in [-0.1, -0.05) is 32.0 Å². The summed E-state index contributed by atoms with van der Waals surface area (Å²) in [4.78, 5) is 13.6. The smallest absolute Gasteiger partial charge is 0.223 e. The highest BCUT2D eigenvalue weighted by molar-refractivity contribution is 8.00. The summed E-state index contributed by atoms with van der Waals surface area (Å²) in [6.07, 6.45) is 3.78. The van der Waals surface area contributed by atoms with Crippen molar-refractivity contribution in [2.24, 2.45) is 5.92 Å². The van der Waals surface area contributed by atoms with Crippen molar-refractivity contribution in [1.29, 1.82) is 0 Å². The Morgan fingerprint density at radius 3 is 2.45 bits per heavy atom. The fourth-order valence-corrected chi connectivity index (χ4v) is 4.16. The Hall–Kier alpha value is -1.00. The highest BCUT2D eigenvalue weighted by Gasteiger charge is 2.34. The van der Waals surface area contributed by atoms with Gasteiger partial charge in [-0.15, -0.1) is 11.8 Å². The molecule has 0 radical (unpaired) electrons. The molecule has 1 fully saturated rings. The number of carbonyl (C=O) groups excluding carboxylic acids is 1. The Morgan fingerprint density at radius 2 is 1.86 bits per heavy atom. The zero-order valence-corrected chi connectivity index (χ0v) is 14.5. The molecule has 1 aromatic rings. The summed E-state index contributed by atoms with van der Waals surface area (Å²) in [5, 5.41) is 3.20. The van der Waals surface area contributed by atoms with Gasteiger partial charge in [0.2, 0.25) is 5.91 Å². The SMILES string of the molecule is CCC(CC)C(=O)NCC1(Sc2ccccc2)CCOCC1. The molecular weight excluding hydrogens is 294 g/mol. The maximum atomic E-state index is 12.3. The number of nitrogens with one attached hydrogen (secondary N) is 1. The van der Waals surface area contributed by atoms with E-state index < -0.39 is 0 Å². The molecule has 0 atom stereocenters. The quantitative estimate of drug-likeness (QED) is 0.828. The van der Waals surface area contributed by atoms with Crippen molar-refractivity contribution in [1.82, 2.24) is 5.32 Å². The van der Waals surface area contributed by atoms with E-state index in [0.717, 1.165) is 45.4 Å². The van der Waals surface area contributed by atoms with E-state index in [-0.39, 0.29) is 16.6 Å². The van der Waals surface area contributed by atoms with E-state index in [2.05, 4.69) is 43.4 Å². The summed E-state index contributed by atoms with van der Waals surface area (Å²) in [5.41, 5.74) is 0. The van der Waals surface area contributed by atoms with Gasteiger partial charge in [0.1, 0.15) is 0 Å². The molecular formula is C18H27NO2S. The summed E-state index contributed by atoms with van der Waals surface area (Å²) in [7, 11) is 0. The van der Waals surface area contributed by atoms with E-state index in [1.807, 2.05) is 17.8 Å². The van der Waals surface area contributed by atoms with Crippen LogP contribution in [0.3, 0.4) is 0 Å². The molecule has 0 saturated carbocycles. The second kappa shape index (κ2) is 8.59. The maximum Gasteiger partial charge on any atom is 0.223 e. The highest BCUT2D eigenvalue weighted by atomic mass is 32.2. The zero-order valence-electron chi connectivity index (χ0n) is 13.6. The molecule has 0 aromatic heterocycles. The van der Waals surface area contributed by atoms with Gasteiger partial charge in [-0.2, -0.15) is 0 Å². The molecule has 1 heterocycles. The summed E-state index contributed by atoms with van der Waals surface area (Å²) >= 11 is 1.89. The van der Waals surface area contributed by atoms with E-state index in [0.29, 0.717) is 0 Å². The predicted molar refractivity (Wildman–Crippen MR) is 92.2 cm³/mol. The van der Waals surface area contributed by atoms with Gasteiger partial charge in [-0.25, -0.2) is 0 Å². The second-order valence-electron chi connectivity index (χ2n) is 5.94. The first-order chi connectivity index (χ1) is 10.7. The fourth-order valence-electron chi connectivity index (χ4n) is 2.85. The number of carbonyl (C=O) groups is 1. The van der Waals surface area contributed by atoms with E-state index >= 15 is 0 Å². The van der Waals surface area contributed by atoms with Crippen LogP contribution in [0.15, 0.2) is 35.2 Å². The van der Waals surface area contributed by atoms with Crippen LogP contribution in [0, 0.1) is 5.92 Å². The Kier molecular flexibility index (Phi) is 6.77. The Labute approximate surface area is 138 Å². The third kappa shape index (κ3) is 4.75. The molecule has 22 heavy (non-hydrogen) atoms. The number of thioether (sulfide) groups is 1. The standard InChI is InChI=1S/C18H27NO2S/c1-3-15(4-2)17(20)19-14-18(10-12-21-13-11-18)22-16-8-6-5-7-9-16/h5-9,15H,3-4,10-14H2,1-2H3,(H,19,20). The Bertz CT molecular complexity index is 453. The normalized spacial score (nSPS) is 17.4. The van der Waals surface area contributed by atoms with Gasteiger partial charge in [0.05, 0.1) is 0 Å². The van der Waals surface area contributed by atoms with Gasteiger partial charge in [0, 0.05) is 35.3 Å². The van der Waals surface area contributed by atoms with E-state index in [9.17, 15) is 4.79 Å². The molecule has 0 spiro atoms. The number of rotatable bonds is 7. The van der Waals surface area contributed by atoms with E-state index in [1.165, 1.54) is 4.90 Å². The van der Waals surface area contributed by atoms with Crippen molar-refractivity contribution in [2.75, 3.05) is 19.8 Å². The van der Waals surface area contributed by atoms with Crippen molar-refractivity contribution in [3.63, 3.8) is 0 Å². The average molecular weight is 321 g/mol. The summed E-state index contributed by atoms with van der Waals surface area (Å²) in [6, 6.07) is 10.5. The number of hydrogen-bond acceptors (Lipinski definition) is 3. The van der Waals surface area contributed by atoms with Crippen LogP contribution in [-0.4, -0.2) is 30.4 Å². The minimum atomic E-state index is 0.0568. The third-order valence-corrected chi connectivity index (χ3v) is 5.92. The van der Waals surface area contributed by atoms with Gasteiger partial charge >= 0.3 is 0 Å². The summed E-state index contributed by atoms with van der Waals surface area (Å²) in [5.74, 6) is 0.336. The first kappa shape index (κ1) is 17.4. The number of hydrogen-bond donors (Lipinski definition) is 1. The molecule has 1 amide bonds. The third-order valence-electron chi connectivity index (χ3n) is 4.42. The number of ether oxygens (including phenoxy) is 1. The van der Waals surface area contributed by atoms with Crippen LogP contribution in [-0.2, 0) is 9.53 Å². The first-order valence-electron chi connectivity index (χ1n) is 8.28. The van der Waals surface area contributed by atoms with E-state index in [4.69, 9.17) is 4.74 Å². The molecule has 1 aliphatic rings. The molecule has 4 heteroatoms.